The molecule has 0 spiro atoms. The first kappa shape index (κ1) is 30.5. The van der Waals surface area contributed by atoms with Crippen LogP contribution in [0.4, 0.5) is 5.82 Å². The number of carbonyl (C=O) groups excluding carboxylic acids is 2. The summed E-state index contributed by atoms with van der Waals surface area (Å²) in [5.74, 6) is 2.07. The molecule has 1 unspecified atom stereocenters. The lowest BCUT2D eigenvalue weighted by molar-refractivity contribution is -0.123. The largest absolute Gasteiger partial charge is 0.493 e. The molecule has 1 N–H and O–H groups in total. The van der Waals surface area contributed by atoms with Crippen LogP contribution in [-0.2, 0) is 15.0 Å². The Bertz CT molecular complexity index is 1440. The van der Waals surface area contributed by atoms with E-state index in [1.807, 2.05) is 55.8 Å². The lowest BCUT2D eigenvalue weighted by atomic mass is 9.87. The number of methoxy groups -OCH3 is 2. The third-order valence-corrected chi connectivity index (χ3v) is 8.35. The highest BCUT2D eigenvalue weighted by molar-refractivity contribution is 8.00. The lowest BCUT2D eigenvalue weighted by Gasteiger charge is -2.25. The monoisotopic (exact) mass is 578 g/mol. The van der Waals surface area contributed by atoms with Gasteiger partial charge in [-0.2, -0.15) is 5.10 Å². The van der Waals surface area contributed by atoms with Crippen molar-refractivity contribution in [3.8, 4) is 17.2 Å². The first-order valence-electron chi connectivity index (χ1n) is 14.0. The highest BCUT2D eigenvalue weighted by Crippen LogP contribution is 2.49. The number of aryl methyl sites for hydroxylation is 2. The Balaban J connectivity index is 2.01. The first-order valence-corrected chi connectivity index (χ1v) is 15.0. The molecule has 41 heavy (non-hydrogen) atoms. The number of hydrogen-bond acceptors (Lipinski definition) is 6. The van der Waals surface area contributed by atoms with E-state index in [1.165, 1.54) is 0 Å². The molecule has 4 rings (SSSR count). The molecule has 1 aliphatic rings. The molecule has 0 saturated carbocycles. The van der Waals surface area contributed by atoms with Crippen LogP contribution >= 0.6 is 11.8 Å². The fourth-order valence-corrected chi connectivity index (χ4v) is 6.27. The van der Waals surface area contributed by atoms with Gasteiger partial charge in [-0.1, -0.05) is 58.4 Å². The normalized spacial score (nSPS) is 15.5. The van der Waals surface area contributed by atoms with Gasteiger partial charge in [0.1, 0.15) is 12.4 Å². The number of nitrogens with zero attached hydrogens (tertiary/aromatic N) is 3. The topological polar surface area (TPSA) is 85.7 Å². The minimum Gasteiger partial charge on any atom is -0.493 e. The summed E-state index contributed by atoms with van der Waals surface area (Å²) in [6.07, 6.45) is 0. The maximum absolute atomic E-state index is 13.9. The SMILES string of the molecule is COc1ccc(C2SCC(=O)N(CC(=O)NCC(C)C)c3c2c(C(C)(C)C)nn3-c2ccc(C)cc2C)cc1OC. The molecule has 220 valence electrons. The lowest BCUT2D eigenvalue weighted by Crippen LogP contribution is -2.43. The van der Waals surface area contributed by atoms with E-state index < -0.39 is 0 Å². The Hall–Kier alpha value is -3.46. The average Bonchev–Trinajstić information content (AvgIpc) is 3.24. The molecule has 0 fully saturated rings. The van der Waals surface area contributed by atoms with Crippen LogP contribution in [-0.4, -0.2) is 54.7 Å². The standard InChI is InChI=1S/C32H42N4O4S/c1-19(2)16-33-26(37)17-35-27(38)18-41-29(22-11-13-24(39-8)25(15-22)40-9)28-30(32(5,6)7)34-36(31(28)35)23-12-10-20(3)14-21(23)4/h10-15,19,29H,16-18H2,1-9H3,(H,33,37). The number of carbonyl (C=O) groups is 2. The van der Waals surface area contributed by atoms with Crippen molar-refractivity contribution in [2.24, 2.45) is 5.92 Å². The van der Waals surface area contributed by atoms with Crippen molar-refractivity contribution in [3.05, 3.63) is 64.3 Å². The van der Waals surface area contributed by atoms with Gasteiger partial charge in [0.2, 0.25) is 11.8 Å². The molecule has 0 radical (unpaired) electrons. The second kappa shape index (κ2) is 12.2. The summed E-state index contributed by atoms with van der Waals surface area (Å²) in [6.45, 7) is 15.0. The van der Waals surface area contributed by atoms with Crippen LogP contribution in [0.5, 0.6) is 11.5 Å². The van der Waals surface area contributed by atoms with Crippen LogP contribution in [0.1, 0.15) is 67.8 Å². The van der Waals surface area contributed by atoms with E-state index in [9.17, 15) is 9.59 Å². The van der Waals surface area contributed by atoms with Crippen molar-refractivity contribution in [1.29, 1.82) is 0 Å². The molecular formula is C32H42N4O4S. The van der Waals surface area contributed by atoms with Crippen molar-refractivity contribution in [1.82, 2.24) is 15.1 Å². The Labute approximate surface area is 247 Å². The maximum Gasteiger partial charge on any atom is 0.240 e. The Morgan fingerprint density at radius 2 is 1.80 bits per heavy atom. The van der Waals surface area contributed by atoms with E-state index in [-0.39, 0.29) is 34.8 Å². The molecule has 0 aliphatic carbocycles. The van der Waals surface area contributed by atoms with Crippen molar-refractivity contribution >= 4 is 29.4 Å². The highest BCUT2D eigenvalue weighted by atomic mass is 32.2. The van der Waals surface area contributed by atoms with Crippen LogP contribution in [0.2, 0.25) is 0 Å². The van der Waals surface area contributed by atoms with Crippen molar-refractivity contribution in [2.45, 2.75) is 59.1 Å². The number of anilines is 1. The number of nitrogens with one attached hydrogen (secondary N) is 1. The minimum absolute atomic E-state index is 0.0854. The highest BCUT2D eigenvalue weighted by Gasteiger charge is 2.40. The summed E-state index contributed by atoms with van der Waals surface area (Å²) in [6, 6.07) is 12.1. The Morgan fingerprint density at radius 3 is 2.41 bits per heavy atom. The van der Waals surface area contributed by atoms with E-state index >= 15 is 0 Å². The zero-order chi connectivity index (χ0) is 30.1. The van der Waals surface area contributed by atoms with Crippen molar-refractivity contribution < 1.29 is 19.1 Å². The fourth-order valence-electron chi connectivity index (χ4n) is 5.08. The number of ether oxygens (including phenoxy) is 2. The number of hydrogen-bond donors (Lipinski definition) is 1. The van der Waals surface area contributed by atoms with Gasteiger partial charge in [0, 0.05) is 17.5 Å². The molecule has 8 nitrogen and oxygen atoms in total. The third kappa shape index (κ3) is 6.40. The van der Waals surface area contributed by atoms with Gasteiger partial charge in [-0.25, -0.2) is 4.68 Å². The van der Waals surface area contributed by atoms with Crippen LogP contribution in [0.15, 0.2) is 36.4 Å². The molecule has 2 heterocycles. The second-order valence-corrected chi connectivity index (χ2v) is 13.1. The van der Waals surface area contributed by atoms with Crippen LogP contribution < -0.4 is 19.7 Å². The fraction of sp³-hybridized carbons (Fsp3) is 0.469. The van der Waals surface area contributed by atoms with Gasteiger partial charge in [-0.05, 0) is 49.1 Å². The first-order chi connectivity index (χ1) is 19.3. The van der Waals surface area contributed by atoms with Crippen molar-refractivity contribution in [2.75, 3.05) is 38.0 Å². The molecule has 0 bridgehead atoms. The molecule has 2 aromatic carbocycles. The van der Waals surface area contributed by atoms with Gasteiger partial charge < -0.3 is 14.8 Å². The van der Waals surface area contributed by atoms with E-state index in [2.05, 4.69) is 39.1 Å². The van der Waals surface area contributed by atoms with Gasteiger partial charge >= 0.3 is 0 Å². The summed E-state index contributed by atoms with van der Waals surface area (Å²) in [5, 5.41) is 7.96. The smallest absolute Gasteiger partial charge is 0.240 e. The predicted molar refractivity (Wildman–Crippen MR) is 166 cm³/mol. The van der Waals surface area contributed by atoms with Gasteiger partial charge in [0.15, 0.2) is 11.5 Å². The molecule has 9 heteroatoms. The maximum atomic E-state index is 13.9. The minimum atomic E-state index is -0.345. The predicted octanol–water partition coefficient (Wildman–Crippen LogP) is 5.75. The molecular weight excluding hydrogens is 536 g/mol. The zero-order valence-corrected chi connectivity index (χ0v) is 26.4. The number of amides is 2. The summed E-state index contributed by atoms with van der Waals surface area (Å²) in [4.78, 5) is 28.7. The van der Waals surface area contributed by atoms with Gasteiger partial charge in [0.05, 0.1) is 36.6 Å². The van der Waals surface area contributed by atoms with Crippen molar-refractivity contribution in [3.63, 3.8) is 0 Å². The Kier molecular flexibility index (Phi) is 9.07. The molecule has 0 saturated heterocycles. The molecule has 1 atom stereocenters. The summed E-state index contributed by atoms with van der Waals surface area (Å²) in [7, 11) is 3.23. The van der Waals surface area contributed by atoms with E-state index in [0.29, 0.717) is 29.8 Å². The molecule has 3 aromatic rings. The van der Waals surface area contributed by atoms with Crippen LogP contribution in [0.25, 0.3) is 5.69 Å². The summed E-state index contributed by atoms with van der Waals surface area (Å²) < 4.78 is 13.0. The van der Waals surface area contributed by atoms with Crippen LogP contribution in [0.3, 0.4) is 0 Å². The van der Waals surface area contributed by atoms with Gasteiger partial charge in [-0.3, -0.25) is 14.5 Å². The van der Waals surface area contributed by atoms with Gasteiger partial charge in [-0.15, -0.1) is 11.8 Å². The number of thioether (sulfide) groups is 1. The average molecular weight is 579 g/mol. The Morgan fingerprint density at radius 1 is 1.10 bits per heavy atom. The molecule has 1 aromatic heterocycles. The summed E-state index contributed by atoms with van der Waals surface area (Å²) >= 11 is 1.54. The van der Waals surface area contributed by atoms with Crippen LogP contribution in [0, 0.1) is 19.8 Å². The zero-order valence-electron chi connectivity index (χ0n) is 25.6. The molecule has 2 amide bonds. The van der Waals surface area contributed by atoms with E-state index in [0.717, 1.165) is 33.6 Å². The van der Waals surface area contributed by atoms with E-state index in [1.54, 1.807) is 30.9 Å². The van der Waals surface area contributed by atoms with Gasteiger partial charge in [0.25, 0.3) is 0 Å². The number of rotatable bonds is 8. The second-order valence-electron chi connectivity index (χ2n) is 12.0. The molecule has 1 aliphatic heterocycles. The summed E-state index contributed by atoms with van der Waals surface area (Å²) in [5.41, 5.74) is 5.48. The third-order valence-electron chi connectivity index (χ3n) is 7.10. The number of benzene rings is 2. The number of aromatic nitrogens is 2. The van der Waals surface area contributed by atoms with E-state index in [4.69, 9.17) is 14.6 Å². The number of fused-ring (bicyclic) bond motifs is 1. The quantitative estimate of drug-likeness (QED) is 0.367.